The van der Waals surface area contributed by atoms with Gasteiger partial charge < -0.3 is 35.2 Å². The summed E-state index contributed by atoms with van der Waals surface area (Å²) in [5.74, 6) is -0.230. The van der Waals surface area contributed by atoms with E-state index in [1.165, 1.54) is 205 Å². The minimum Gasteiger partial charge on any atom is -0.394 e. The predicted octanol–water partition coefficient (Wildman–Crippen LogP) is 14.8. The largest absolute Gasteiger partial charge is 0.397 e. The number of unbranched alkanes of at least 4 members (excludes halogenated alkanes) is 38. The van der Waals surface area contributed by atoms with Crippen molar-refractivity contribution in [1.82, 2.24) is 5.32 Å². The summed E-state index contributed by atoms with van der Waals surface area (Å²) in [6, 6.07) is -0.861. The van der Waals surface area contributed by atoms with Gasteiger partial charge in [0, 0.05) is 6.42 Å². The molecule has 7 atom stereocenters. The van der Waals surface area contributed by atoms with Crippen molar-refractivity contribution in [1.29, 1.82) is 0 Å². The molecule has 0 aliphatic carbocycles. The van der Waals surface area contributed by atoms with Gasteiger partial charge in [0.2, 0.25) is 5.91 Å². The third-order valence-corrected chi connectivity index (χ3v) is 15.2. The molecule has 6 N–H and O–H groups in total. The number of carbonyl (C=O) groups is 1. The van der Waals surface area contributed by atoms with Crippen molar-refractivity contribution >= 4 is 16.3 Å². The molecule has 1 heterocycles. The topological polar surface area (TPSA) is 192 Å². The van der Waals surface area contributed by atoms with E-state index in [1.807, 2.05) is 0 Å². The lowest BCUT2D eigenvalue weighted by molar-refractivity contribution is -0.298. The lowest BCUT2D eigenvalue weighted by Gasteiger charge is -2.41. The van der Waals surface area contributed by atoms with E-state index in [0.29, 0.717) is 12.8 Å². The van der Waals surface area contributed by atoms with Crippen LogP contribution in [0.4, 0.5) is 0 Å². The molecule has 1 saturated heterocycles. The molecule has 7 unspecified atom stereocenters. The van der Waals surface area contributed by atoms with Crippen LogP contribution in [0.2, 0.25) is 0 Å². The van der Waals surface area contributed by atoms with E-state index in [-0.39, 0.29) is 18.9 Å². The fraction of sp³-hybridized carbons (Fsp3) is 0.917. The molecular formula is C60H115NO11S. The van der Waals surface area contributed by atoms with Crippen LogP contribution < -0.4 is 5.32 Å². The summed E-state index contributed by atoms with van der Waals surface area (Å²) in [5.41, 5.74) is 0. The van der Waals surface area contributed by atoms with Crippen LogP contribution in [0.1, 0.15) is 296 Å². The second kappa shape index (κ2) is 50.1. The van der Waals surface area contributed by atoms with Crippen LogP contribution in [0, 0.1) is 0 Å². The van der Waals surface area contributed by atoms with E-state index in [9.17, 15) is 38.2 Å². The van der Waals surface area contributed by atoms with Crippen molar-refractivity contribution in [3.05, 3.63) is 24.3 Å². The van der Waals surface area contributed by atoms with E-state index in [2.05, 4.69) is 47.7 Å². The summed E-state index contributed by atoms with van der Waals surface area (Å²) in [4.78, 5) is 13.2. The molecule has 1 rings (SSSR count). The minimum atomic E-state index is -5.08. The van der Waals surface area contributed by atoms with Crippen molar-refractivity contribution in [2.45, 2.75) is 339 Å². The summed E-state index contributed by atoms with van der Waals surface area (Å²) >= 11 is 0. The third kappa shape index (κ3) is 42.3. The van der Waals surface area contributed by atoms with Crippen molar-refractivity contribution < 1.29 is 51.8 Å². The van der Waals surface area contributed by atoms with Crippen LogP contribution in [0.5, 0.6) is 0 Å². The summed E-state index contributed by atoms with van der Waals surface area (Å²) in [6.07, 6.45) is 53.2. The van der Waals surface area contributed by atoms with Gasteiger partial charge in [-0.3, -0.25) is 9.35 Å². The van der Waals surface area contributed by atoms with Crippen LogP contribution in [0.15, 0.2) is 24.3 Å². The Balaban J connectivity index is 2.33. The van der Waals surface area contributed by atoms with Gasteiger partial charge in [-0.1, -0.05) is 269 Å². The SMILES string of the molecule is CCCCCCCCCCC/C=C\C/C=C\CCCCCCCCCCCC(=O)NC(COC1OC(CO)C(O)C(OS(=O)(=O)O)C1O)C(O)CCCCCCCCCCCCCCCCCCCCCCC. The number of hydrogen-bond donors (Lipinski definition) is 6. The molecule has 13 heteroatoms. The second-order valence-corrected chi connectivity index (χ2v) is 22.7. The Kier molecular flexibility index (Phi) is 47.8. The Morgan fingerprint density at radius 1 is 0.548 bits per heavy atom. The molecular weight excluding hydrogens is 943 g/mol. The lowest BCUT2D eigenvalue weighted by Crippen LogP contribution is -2.61. The number of carbonyl (C=O) groups excluding carboxylic acids is 1. The molecule has 0 aromatic carbocycles. The molecule has 0 radical (unpaired) electrons. The van der Waals surface area contributed by atoms with Crippen molar-refractivity contribution in [3.63, 3.8) is 0 Å². The Bertz CT molecular complexity index is 1380. The quantitative estimate of drug-likeness (QED) is 0.0193. The highest BCUT2D eigenvalue weighted by atomic mass is 32.3. The normalized spacial score (nSPS) is 19.4. The first kappa shape index (κ1) is 69.6. The zero-order chi connectivity index (χ0) is 53.3. The minimum absolute atomic E-state index is 0.230. The zero-order valence-corrected chi connectivity index (χ0v) is 47.8. The fourth-order valence-electron chi connectivity index (χ4n) is 10.0. The Hall–Kier alpha value is -1.42. The van der Waals surface area contributed by atoms with Gasteiger partial charge in [-0.15, -0.1) is 0 Å². The highest BCUT2D eigenvalue weighted by molar-refractivity contribution is 7.80. The van der Waals surface area contributed by atoms with Gasteiger partial charge in [0.1, 0.15) is 24.4 Å². The Labute approximate surface area is 448 Å². The first-order chi connectivity index (χ1) is 35.5. The molecule has 432 valence electrons. The van der Waals surface area contributed by atoms with Gasteiger partial charge in [-0.2, -0.15) is 8.42 Å². The van der Waals surface area contributed by atoms with Gasteiger partial charge in [0.05, 0.1) is 25.4 Å². The molecule has 0 aromatic heterocycles. The van der Waals surface area contributed by atoms with Crippen LogP contribution in [0.3, 0.4) is 0 Å². The highest BCUT2D eigenvalue weighted by Crippen LogP contribution is 2.26. The standard InChI is InChI=1S/C60H115NO11S/c1-3-5-7-9-11-13-15-17-19-21-23-25-26-27-28-30-32-34-36-38-40-42-44-46-48-50-56(64)61-53(52-70-60-58(66)59(72-73(67,68)69)57(65)55(51-62)71-60)54(63)49-47-45-43-41-39-37-35-33-31-29-24-22-20-18-16-14-12-10-8-6-4-2/h23,25,27-28,53-55,57-60,62-63,65-66H,3-22,24,26,29-52H2,1-2H3,(H,61,64)(H,67,68,69)/b25-23-,28-27-. The number of hydrogen-bond acceptors (Lipinski definition) is 10. The van der Waals surface area contributed by atoms with Crippen molar-refractivity contribution in [2.75, 3.05) is 13.2 Å². The van der Waals surface area contributed by atoms with Crippen LogP contribution in [-0.2, 0) is 28.9 Å². The van der Waals surface area contributed by atoms with E-state index in [1.54, 1.807) is 0 Å². The van der Waals surface area contributed by atoms with Crippen LogP contribution in [0.25, 0.3) is 0 Å². The monoisotopic (exact) mass is 1060 g/mol. The van der Waals surface area contributed by atoms with Crippen LogP contribution >= 0.6 is 0 Å². The summed E-state index contributed by atoms with van der Waals surface area (Å²) in [7, 11) is -5.08. The summed E-state index contributed by atoms with van der Waals surface area (Å²) in [6.45, 7) is 3.50. The fourth-order valence-corrected chi connectivity index (χ4v) is 10.5. The number of ether oxygens (including phenoxy) is 2. The first-order valence-corrected chi connectivity index (χ1v) is 32.1. The first-order valence-electron chi connectivity index (χ1n) is 30.7. The number of allylic oxidation sites excluding steroid dienone is 4. The highest BCUT2D eigenvalue weighted by Gasteiger charge is 2.48. The molecule has 0 aromatic rings. The van der Waals surface area contributed by atoms with Crippen LogP contribution in [-0.4, -0.2) is 95.4 Å². The molecule has 0 bridgehead atoms. The second-order valence-electron chi connectivity index (χ2n) is 21.6. The molecule has 73 heavy (non-hydrogen) atoms. The maximum absolute atomic E-state index is 13.2. The third-order valence-electron chi connectivity index (χ3n) is 14.8. The van der Waals surface area contributed by atoms with E-state index >= 15 is 0 Å². The van der Waals surface area contributed by atoms with E-state index in [4.69, 9.17) is 9.47 Å². The van der Waals surface area contributed by atoms with Gasteiger partial charge in [-0.25, -0.2) is 4.18 Å². The van der Waals surface area contributed by atoms with Gasteiger partial charge >= 0.3 is 10.4 Å². The predicted molar refractivity (Wildman–Crippen MR) is 301 cm³/mol. The number of amides is 1. The molecule has 0 saturated carbocycles. The molecule has 1 aliphatic rings. The summed E-state index contributed by atoms with van der Waals surface area (Å²) < 4.78 is 48.0. The zero-order valence-electron chi connectivity index (χ0n) is 47.0. The average molecular weight is 1060 g/mol. The number of aliphatic hydroxyl groups excluding tert-OH is 4. The van der Waals surface area contributed by atoms with Crippen molar-refractivity contribution in [3.8, 4) is 0 Å². The molecule has 1 aliphatic heterocycles. The Morgan fingerprint density at radius 2 is 0.918 bits per heavy atom. The van der Waals surface area contributed by atoms with Gasteiger partial charge in [-0.05, 0) is 44.9 Å². The average Bonchev–Trinajstić information content (AvgIpc) is 3.37. The summed E-state index contributed by atoms with van der Waals surface area (Å²) in [5, 5.41) is 45.2. The van der Waals surface area contributed by atoms with Gasteiger partial charge in [0.25, 0.3) is 0 Å². The van der Waals surface area contributed by atoms with E-state index < -0.39 is 59.9 Å². The number of rotatable bonds is 54. The Morgan fingerprint density at radius 3 is 1.30 bits per heavy atom. The molecule has 1 amide bonds. The maximum atomic E-state index is 13.2. The molecule has 1 fully saturated rings. The number of nitrogens with one attached hydrogen (secondary N) is 1. The molecule has 12 nitrogen and oxygen atoms in total. The van der Waals surface area contributed by atoms with E-state index in [0.717, 1.165) is 57.8 Å². The lowest BCUT2D eigenvalue weighted by atomic mass is 9.99. The maximum Gasteiger partial charge on any atom is 0.397 e. The molecule has 0 spiro atoms. The smallest absolute Gasteiger partial charge is 0.394 e. The van der Waals surface area contributed by atoms with Crippen molar-refractivity contribution in [2.24, 2.45) is 0 Å². The number of aliphatic hydroxyl groups is 4. The van der Waals surface area contributed by atoms with Gasteiger partial charge in [0.15, 0.2) is 6.29 Å².